The van der Waals surface area contributed by atoms with Crippen LogP contribution in [0.4, 0.5) is 0 Å². The number of nitrogens with one attached hydrogen (secondary N) is 2. The maximum atomic E-state index is 12.4. The lowest BCUT2D eigenvalue weighted by Gasteiger charge is -2.33. The fourth-order valence-corrected chi connectivity index (χ4v) is 4.49. The molecule has 0 aromatic rings. The summed E-state index contributed by atoms with van der Waals surface area (Å²) in [5.41, 5.74) is -0.420. The molecule has 2 aliphatic heterocycles. The number of hydrogen-bond acceptors (Lipinski definition) is 5. The number of nitrogens with zero attached hydrogens (tertiary/aromatic N) is 1. The van der Waals surface area contributed by atoms with E-state index in [1.807, 2.05) is 6.92 Å². The lowest BCUT2D eigenvalue weighted by atomic mass is 9.98. The Labute approximate surface area is 126 Å². The number of rotatable bonds is 5. The average molecular weight is 319 g/mol. The van der Waals surface area contributed by atoms with Crippen molar-refractivity contribution in [3.63, 3.8) is 0 Å². The van der Waals surface area contributed by atoms with Gasteiger partial charge in [0.2, 0.25) is 0 Å². The van der Waals surface area contributed by atoms with E-state index in [2.05, 4.69) is 10.0 Å². The highest BCUT2D eigenvalue weighted by Gasteiger charge is 2.37. The van der Waals surface area contributed by atoms with E-state index < -0.39 is 15.7 Å². The van der Waals surface area contributed by atoms with E-state index in [1.54, 1.807) is 6.92 Å². The zero-order valence-electron chi connectivity index (χ0n) is 12.7. The third-order valence-corrected chi connectivity index (χ3v) is 5.95. The molecule has 0 radical (unpaired) electrons. The monoisotopic (exact) mass is 319 g/mol. The molecular formula is C13H25N3O4S. The third-order valence-electron chi connectivity index (χ3n) is 4.16. The summed E-state index contributed by atoms with van der Waals surface area (Å²) in [5, 5.41) is 3.17. The molecule has 7 nitrogen and oxygen atoms in total. The van der Waals surface area contributed by atoms with Crippen LogP contribution in [0, 0.1) is 5.92 Å². The first-order chi connectivity index (χ1) is 9.86. The van der Waals surface area contributed by atoms with Crippen LogP contribution in [0.15, 0.2) is 0 Å². The van der Waals surface area contributed by atoms with Gasteiger partial charge < -0.3 is 10.1 Å². The van der Waals surface area contributed by atoms with E-state index in [0.29, 0.717) is 39.1 Å². The fraction of sp³-hybridized carbons (Fsp3) is 0.923. The minimum atomic E-state index is -3.50. The summed E-state index contributed by atoms with van der Waals surface area (Å²) in [6.07, 6.45) is 1.83. The fourth-order valence-electron chi connectivity index (χ4n) is 2.87. The zero-order valence-corrected chi connectivity index (χ0v) is 13.5. The highest BCUT2D eigenvalue weighted by Crippen LogP contribution is 2.22. The molecule has 2 heterocycles. The first-order valence-electron chi connectivity index (χ1n) is 7.53. The third kappa shape index (κ3) is 4.15. The predicted molar refractivity (Wildman–Crippen MR) is 78.9 cm³/mol. The second-order valence-corrected chi connectivity index (χ2v) is 7.69. The molecular weight excluding hydrogens is 294 g/mol. The van der Waals surface area contributed by atoms with E-state index in [9.17, 15) is 13.2 Å². The maximum absolute atomic E-state index is 12.4. The van der Waals surface area contributed by atoms with E-state index in [0.717, 1.165) is 13.0 Å². The Kier molecular flexibility index (Phi) is 5.24. The van der Waals surface area contributed by atoms with Crippen LogP contribution in [-0.2, 0) is 19.7 Å². The first kappa shape index (κ1) is 16.7. The van der Waals surface area contributed by atoms with Gasteiger partial charge in [0.15, 0.2) is 0 Å². The van der Waals surface area contributed by atoms with Crippen molar-refractivity contribution in [2.45, 2.75) is 38.6 Å². The molecule has 2 N–H and O–H groups in total. The van der Waals surface area contributed by atoms with Gasteiger partial charge >= 0.3 is 5.97 Å². The molecule has 0 spiro atoms. The first-order valence-corrected chi connectivity index (χ1v) is 8.97. The Balaban J connectivity index is 1.90. The van der Waals surface area contributed by atoms with Crippen LogP contribution in [0.25, 0.3) is 0 Å². The van der Waals surface area contributed by atoms with Crippen molar-refractivity contribution in [3.05, 3.63) is 0 Å². The maximum Gasteiger partial charge on any atom is 0.309 e. The summed E-state index contributed by atoms with van der Waals surface area (Å²) in [5.74, 6) is -0.394. The van der Waals surface area contributed by atoms with Crippen molar-refractivity contribution in [1.82, 2.24) is 14.3 Å². The van der Waals surface area contributed by atoms with E-state index >= 15 is 0 Å². The smallest absolute Gasteiger partial charge is 0.309 e. The lowest BCUT2D eigenvalue weighted by molar-refractivity contribution is -0.149. The van der Waals surface area contributed by atoms with Crippen molar-refractivity contribution >= 4 is 16.2 Å². The molecule has 1 atom stereocenters. The molecule has 1 unspecified atom stereocenters. The number of hydrogen-bond donors (Lipinski definition) is 2. The van der Waals surface area contributed by atoms with Crippen LogP contribution in [0.3, 0.4) is 0 Å². The summed E-state index contributed by atoms with van der Waals surface area (Å²) in [6.45, 7) is 6.25. The van der Waals surface area contributed by atoms with E-state index in [1.165, 1.54) is 4.31 Å². The minimum absolute atomic E-state index is 0.180. The van der Waals surface area contributed by atoms with Gasteiger partial charge in [0, 0.05) is 25.2 Å². The molecule has 21 heavy (non-hydrogen) atoms. The average Bonchev–Trinajstić information content (AvgIpc) is 2.84. The number of carbonyl (C=O) groups excluding carboxylic acids is 1. The Bertz CT molecular complexity index is 466. The summed E-state index contributed by atoms with van der Waals surface area (Å²) in [6, 6.07) is 0. The van der Waals surface area contributed by atoms with Crippen LogP contribution in [0.1, 0.15) is 33.1 Å². The van der Waals surface area contributed by atoms with Gasteiger partial charge in [-0.3, -0.25) is 4.79 Å². The Morgan fingerprint density at radius 2 is 2.10 bits per heavy atom. The van der Waals surface area contributed by atoms with E-state index in [-0.39, 0.29) is 11.9 Å². The zero-order chi connectivity index (χ0) is 15.5. The number of piperidine rings is 1. The van der Waals surface area contributed by atoms with Crippen molar-refractivity contribution in [2.75, 3.05) is 32.8 Å². The molecule has 2 rings (SSSR count). The second-order valence-electron chi connectivity index (χ2n) is 6.02. The largest absolute Gasteiger partial charge is 0.466 e. The number of ether oxygens (including phenoxy) is 1. The molecule has 0 aromatic heterocycles. The van der Waals surface area contributed by atoms with Crippen molar-refractivity contribution in [1.29, 1.82) is 0 Å². The van der Waals surface area contributed by atoms with Gasteiger partial charge in [-0.25, -0.2) is 0 Å². The predicted octanol–water partition coefficient (Wildman–Crippen LogP) is -0.152. The van der Waals surface area contributed by atoms with Gasteiger partial charge in [0.1, 0.15) is 0 Å². The summed E-state index contributed by atoms with van der Waals surface area (Å²) in [4.78, 5) is 11.7. The standard InChI is InChI=1S/C13H25N3O4S/c1-3-20-12(17)11-4-8-16(9-5-11)21(18,19)15-13(2)6-7-14-10-13/h11,14-15H,3-10H2,1-2H3. The van der Waals surface area contributed by atoms with Crippen LogP contribution >= 0.6 is 0 Å². The molecule has 2 fully saturated rings. The molecule has 2 aliphatic rings. The van der Waals surface area contributed by atoms with Crippen LogP contribution in [0.2, 0.25) is 0 Å². The Morgan fingerprint density at radius 1 is 1.43 bits per heavy atom. The molecule has 0 bridgehead atoms. The SMILES string of the molecule is CCOC(=O)C1CCN(S(=O)(=O)NC2(C)CCNC2)CC1. The van der Waals surface area contributed by atoms with Gasteiger partial charge in [0.25, 0.3) is 10.2 Å². The molecule has 0 saturated carbocycles. The summed E-state index contributed by atoms with van der Waals surface area (Å²) in [7, 11) is -3.50. The van der Waals surface area contributed by atoms with Gasteiger partial charge in [-0.15, -0.1) is 0 Å². The van der Waals surface area contributed by atoms with Gasteiger partial charge in [-0.1, -0.05) is 0 Å². The highest BCUT2D eigenvalue weighted by molar-refractivity contribution is 7.87. The van der Waals surface area contributed by atoms with Crippen molar-refractivity contribution in [2.24, 2.45) is 5.92 Å². The van der Waals surface area contributed by atoms with Crippen LogP contribution < -0.4 is 10.0 Å². The van der Waals surface area contributed by atoms with Crippen molar-refractivity contribution < 1.29 is 17.9 Å². The summed E-state index contributed by atoms with van der Waals surface area (Å²) < 4.78 is 34.1. The van der Waals surface area contributed by atoms with Gasteiger partial charge in [-0.2, -0.15) is 17.4 Å². The molecule has 2 saturated heterocycles. The normalized spacial score (nSPS) is 28.7. The molecule has 8 heteroatoms. The van der Waals surface area contributed by atoms with Gasteiger partial charge in [-0.05, 0) is 39.7 Å². The number of esters is 1. The number of carbonyl (C=O) groups is 1. The Hall–Kier alpha value is -0.700. The van der Waals surface area contributed by atoms with Crippen LogP contribution in [-0.4, -0.2) is 57.0 Å². The topological polar surface area (TPSA) is 87.7 Å². The molecule has 0 amide bonds. The molecule has 122 valence electrons. The van der Waals surface area contributed by atoms with Crippen molar-refractivity contribution in [3.8, 4) is 0 Å². The second kappa shape index (κ2) is 6.60. The summed E-state index contributed by atoms with van der Waals surface area (Å²) >= 11 is 0. The Morgan fingerprint density at radius 3 is 2.62 bits per heavy atom. The minimum Gasteiger partial charge on any atom is -0.466 e. The van der Waals surface area contributed by atoms with Crippen LogP contribution in [0.5, 0.6) is 0 Å². The molecule has 0 aliphatic carbocycles. The van der Waals surface area contributed by atoms with Gasteiger partial charge in [0.05, 0.1) is 12.5 Å². The lowest BCUT2D eigenvalue weighted by Crippen LogP contribution is -2.54. The molecule has 0 aromatic carbocycles. The highest BCUT2D eigenvalue weighted by atomic mass is 32.2. The van der Waals surface area contributed by atoms with E-state index in [4.69, 9.17) is 4.74 Å². The quantitative estimate of drug-likeness (QED) is 0.688.